The Morgan fingerprint density at radius 1 is 0.963 bits per heavy atom. The molecule has 0 aliphatic rings. The molecule has 0 aliphatic carbocycles. The normalized spacial score (nSPS) is 10.6. The lowest BCUT2D eigenvalue weighted by Gasteiger charge is -2.16. The number of aromatic nitrogens is 2. The second-order valence-corrected chi connectivity index (χ2v) is 5.66. The minimum absolute atomic E-state index is 0.00434. The molecule has 1 heterocycles. The molecule has 136 valence electrons. The number of carbonyl (C=O) groups is 2. The molecule has 0 radical (unpaired) electrons. The quantitative estimate of drug-likeness (QED) is 0.715. The molecule has 0 bridgehead atoms. The molecule has 0 spiro atoms. The van der Waals surface area contributed by atoms with Crippen LogP contribution >= 0.6 is 0 Å². The molecule has 0 atom stereocenters. The monoisotopic (exact) mass is 368 g/mol. The summed E-state index contributed by atoms with van der Waals surface area (Å²) in [5.41, 5.74) is -1.87. The molecule has 8 heteroatoms. The van der Waals surface area contributed by atoms with Crippen molar-refractivity contribution in [2.45, 2.75) is 6.42 Å². The van der Waals surface area contributed by atoms with Gasteiger partial charge >= 0.3 is 11.9 Å². The fourth-order valence-electron chi connectivity index (χ4n) is 2.67. The third kappa shape index (κ3) is 3.59. The van der Waals surface area contributed by atoms with Gasteiger partial charge in [0.2, 0.25) is 11.1 Å². The molecule has 2 aromatic carbocycles. The Morgan fingerprint density at radius 2 is 1.59 bits per heavy atom. The molecule has 0 aliphatic heterocycles. The summed E-state index contributed by atoms with van der Waals surface area (Å²) in [5.74, 6) is -3.74. The molecule has 1 aromatic heterocycles. The van der Waals surface area contributed by atoms with E-state index in [-0.39, 0.29) is 17.8 Å². The van der Waals surface area contributed by atoms with Crippen LogP contribution in [-0.4, -0.2) is 31.9 Å². The van der Waals surface area contributed by atoms with Crippen molar-refractivity contribution in [2.75, 3.05) is 0 Å². The van der Waals surface area contributed by atoms with Crippen LogP contribution in [0.2, 0.25) is 0 Å². The van der Waals surface area contributed by atoms with Crippen LogP contribution < -0.4 is 5.43 Å². The second-order valence-electron chi connectivity index (χ2n) is 5.66. The number of hydrogen-bond acceptors (Lipinski definition) is 4. The van der Waals surface area contributed by atoms with Crippen molar-refractivity contribution in [1.82, 2.24) is 9.78 Å². The van der Waals surface area contributed by atoms with Gasteiger partial charge in [-0.05, 0) is 29.8 Å². The summed E-state index contributed by atoms with van der Waals surface area (Å²) in [7, 11) is 0. The Morgan fingerprint density at radius 3 is 2.15 bits per heavy atom. The lowest BCUT2D eigenvalue weighted by Crippen LogP contribution is -2.31. The highest BCUT2D eigenvalue weighted by Crippen LogP contribution is 2.17. The van der Waals surface area contributed by atoms with Gasteiger partial charge in [-0.2, -0.15) is 5.10 Å². The van der Waals surface area contributed by atoms with E-state index in [9.17, 15) is 29.0 Å². The largest absolute Gasteiger partial charge is 0.477 e. The van der Waals surface area contributed by atoms with Crippen molar-refractivity contribution in [3.8, 4) is 5.69 Å². The van der Waals surface area contributed by atoms with Crippen molar-refractivity contribution in [1.29, 1.82) is 0 Å². The Hall–Kier alpha value is -3.81. The van der Waals surface area contributed by atoms with Gasteiger partial charge in [-0.1, -0.05) is 30.3 Å². The Bertz CT molecular complexity index is 1080. The summed E-state index contributed by atoms with van der Waals surface area (Å²) in [4.78, 5) is 35.5. The van der Waals surface area contributed by atoms with Crippen LogP contribution in [0.15, 0.2) is 59.4 Å². The zero-order valence-electron chi connectivity index (χ0n) is 13.8. The number of benzene rings is 2. The molecule has 3 aromatic rings. The van der Waals surface area contributed by atoms with E-state index < -0.39 is 34.4 Å². The Balaban J connectivity index is 2.34. The molecular weight excluding hydrogens is 355 g/mol. The van der Waals surface area contributed by atoms with E-state index in [4.69, 9.17) is 0 Å². The average molecular weight is 368 g/mol. The van der Waals surface area contributed by atoms with Gasteiger partial charge in [-0.25, -0.2) is 18.7 Å². The zero-order valence-corrected chi connectivity index (χ0v) is 13.8. The molecule has 27 heavy (non-hydrogen) atoms. The summed E-state index contributed by atoms with van der Waals surface area (Å²) in [5, 5.41) is 22.6. The average Bonchev–Trinajstić information content (AvgIpc) is 2.63. The van der Waals surface area contributed by atoms with Crippen molar-refractivity contribution >= 4 is 11.9 Å². The SMILES string of the molecule is O=C(O)c1nn(-c2ccc(F)cc2)c(Cc2ccccc2)c(C(=O)O)c1=O. The lowest BCUT2D eigenvalue weighted by molar-refractivity contribution is 0.0685. The summed E-state index contributed by atoms with van der Waals surface area (Å²) >= 11 is 0. The first kappa shape index (κ1) is 18.0. The van der Waals surface area contributed by atoms with Crippen molar-refractivity contribution in [2.24, 2.45) is 0 Å². The number of halogens is 1. The number of carboxylic acid groups (broad SMARTS) is 2. The highest BCUT2D eigenvalue weighted by atomic mass is 19.1. The maximum atomic E-state index is 13.3. The first-order valence-corrected chi connectivity index (χ1v) is 7.81. The van der Waals surface area contributed by atoms with E-state index in [2.05, 4.69) is 5.10 Å². The summed E-state index contributed by atoms with van der Waals surface area (Å²) in [6, 6.07) is 13.6. The van der Waals surface area contributed by atoms with Gasteiger partial charge in [0.25, 0.3) is 0 Å². The van der Waals surface area contributed by atoms with E-state index in [0.29, 0.717) is 5.56 Å². The van der Waals surface area contributed by atoms with Crippen LogP contribution in [0.25, 0.3) is 5.69 Å². The fourth-order valence-corrected chi connectivity index (χ4v) is 2.67. The molecule has 3 rings (SSSR count). The standard InChI is InChI=1S/C19H13FN2O5/c20-12-6-8-13(9-7-12)22-14(10-11-4-2-1-3-5-11)15(18(24)25)17(23)16(21-22)19(26)27/h1-9H,10H2,(H,24,25)(H,26,27). The van der Waals surface area contributed by atoms with Crippen LogP contribution in [0.3, 0.4) is 0 Å². The Labute approximate surface area is 151 Å². The minimum atomic E-state index is -1.65. The number of aromatic carboxylic acids is 2. The summed E-state index contributed by atoms with van der Waals surface area (Å²) in [6.45, 7) is 0. The van der Waals surface area contributed by atoms with Gasteiger partial charge in [0.1, 0.15) is 11.4 Å². The van der Waals surface area contributed by atoms with Gasteiger partial charge in [0.15, 0.2) is 0 Å². The number of rotatable bonds is 5. The van der Waals surface area contributed by atoms with Gasteiger partial charge in [0.05, 0.1) is 11.4 Å². The van der Waals surface area contributed by atoms with Crippen LogP contribution in [-0.2, 0) is 6.42 Å². The van der Waals surface area contributed by atoms with Crippen molar-refractivity contribution < 1.29 is 24.2 Å². The molecule has 7 nitrogen and oxygen atoms in total. The predicted molar refractivity (Wildman–Crippen MR) is 93.0 cm³/mol. The topological polar surface area (TPSA) is 109 Å². The van der Waals surface area contributed by atoms with E-state index in [1.54, 1.807) is 30.3 Å². The maximum Gasteiger partial charge on any atom is 0.360 e. The van der Waals surface area contributed by atoms with Crippen LogP contribution in [0.5, 0.6) is 0 Å². The summed E-state index contributed by atoms with van der Waals surface area (Å²) < 4.78 is 14.3. The van der Waals surface area contributed by atoms with E-state index in [0.717, 1.165) is 16.8 Å². The molecule has 0 saturated carbocycles. The number of nitrogens with zero attached hydrogens (tertiary/aromatic N) is 2. The molecule has 2 N–H and O–H groups in total. The van der Waals surface area contributed by atoms with Gasteiger partial charge in [-0.15, -0.1) is 0 Å². The predicted octanol–water partition coefficient (Wildman–Crippen LogP) is 2.36. The molecule has 0 unspecified atom stereocenters. The highest BCUT2D eigenvalue weighted by molar-refractivity contribution is 5.93. The van der Waals surface area contributed by atoms with Crippen LogP contribution in [0.4, 0.5) is 4.39 Å². The van der Waals surface area contributed by atoms with Crippen molar-refractivity contribution in [3.05, 3.63) is 93.2 Å². The molecule has 0 saturated heterocycles. The zero-order chi connectivity index (χ0) is 19.6. The maximum absolute atomic E-state index is 13.3. The first-order chi connectivity index (χ1) is 12.9. The summed E-state index contributed by atoms with van der Waals surface area (Å²) in [6.07, 6.45) is 0.0159. The second kappa shape index (κ2) is 7.20. The fraction of sp³-hybridized carbons (Fsp3) is 0.0526. The van der Waals surface area contributed by atoms with Crippen LogP contribution in [0.1, 0.15) is 32.1 Å². The van der Waals surface area contributed by atoms with E-state index >= 15 is 0 Å². The highest BCUT2D eigenvalue weighted by Gasteiger charge is 2.26. The smallest absolute Gasteiger partial charge is 0.360 e. The Kier molecular flexibility index (Phi) is 4.80. The van der Waals surface area contributed by atoms with E-state index in [1.165, 1.54) is 12.1 Å². The third-order valence-electron chi connectivity index (χ3n) is 3.89. The number of hydrogen-bond donors (Lipinski definition) is 2. The van der Waals surface area contributed by atoms with E-state index in [1.807, 2.05) is 0 Å². The van der Waals surface area contributed by atoms with Gasteiger partial charge in [0, 0.05) is 6.42 Å². The van der Waals surface area contributed by atoms with Gasteiger partial charge < -0.3 is 10.2 Å². The molecule has 0 amide bonds. The van der Waals surface area contributed by atoms with Gasteiger partial charge in [-0.3, -0.25) is 4.79 Å². The third-order valence-corrected chi connectivity index (χ3v) is 3.89. The molecular formula is C19H13FN2O5. The first-order valence-electron chi connectivity index (χ1n) is 7.81. The lowest BCUT2D eigenvalue weighted by atomic mass is 10.0. The van der Waals surface area contributed by atoms with Crippen LogP contribution in [0, 0.1) is 5.82 Å². The minimum Gasteiger partial charge on any atom is -0.477 e. The molecule has 0 fully saturated rings. The number of carboxylic acids is 2. The van der Waals surface area contributed by atoms with Crippen molar-refractivity contribution in [3.63, 3.8) is 0 Å².